The van der Waals surface area contributed by atoms with Crippen molar-refractivity contribution in [1.82, 2.24) is 0 Å². The van der Waals surface area contributed by atoms with Gasteiger partial charge in [-0.3, -0.25) is 0 Å². The highest BCUT2D eigenvalue weighted by Crippen LogP contribution is 2.36. The monoisotopic (exact) mass is 288 g/mol. The van der Waals surface area contributed by atoms with Crippen molar-refractivity contribution in [3.8, 4) is 11.5 Å². The minimum atomic E-state index is 0.606. The third-order valence-corrected chi connectivity index (χ3v) is 4.27. The molecular weight excluding hydrogens is 274 g/mol. The van der Waals surface area contributed by atoms with Crippen molar-refractivity contribution in [3.63, 3.8) is 0 Å². The number of benzene rings is 2. The van der Waals surface area contributed by atoms with E-state index in [-0.39, 0.29) is 0 Å². The highest BCUT2D eigenvalue weighted by Gasteiger charge is 2.20. The zero-order valence-corrected chi connectivity index (χ0v) is 12.0. The predicted molar refractivity (Wildman–Crippen MR) is 85.6 cm³/mol. The lowest BCUT2D eigenvalue weighted by atomic mass is 10.0. The summed E-state index contributed by atoms with van der Waals surface area (Å²) in [4.78, 5) is 0. The molecule has 0 amide bonds. The van der Waals surface area contributed by atoms with Crippen LogP contribution >= 0.6 is 0 Å². The first kappa shape index (κ1) is 11.8. The molecule has 0 fully saturated rings. The van der Waals surface area contributed by atoms with Gasteiger partial charge in [0, 0.05) is 17.5 Å². The standard InChI is InChI=1S/C19H14NO2/c1-2-6-14-13(5-1)15-11-18-19(22-10-9-21-18)12-17(15)20-8-4-3-7-16(14)20/h1-8,11-12H,9-10H2/q+1. The van der Waals surface area contributed by atoms with Gasteiger partial charge in [0.05, 0.1) is 16.8 Å². The van der Waals surface area contributed by atoms with Gasteiger partial charge in [-0.2, -0.15) is 4.40 Å². The van der Waals surface area contributed by atoms with Crippen molar-refractivity contribution in [2.24, 2.45) is 0 Å². The van der Waals surface area contributed by atoms with Crippen LogP contribution in [0.25, 0.3) is 27.2 Å². The first-order valence-electron chi connectivity index (χ1n) is 7.46. The largest absolute Gasteiger partial charge is 0.486 e. The molecule has 1 aliphatic heterocycles. The Hall–Kier alpha value is -2.81. The molecule has 0 bridgehead atoms. The number of aromatic nitrogens is 1. The normalized spacial score (nSPS) is 13.8. The Morgan fingerprint density at radius 1 is 0.682 bits per heavy atom. The van der Waals surface area contributed by atoms with E-state index in [2.05, 4.69) is 65.2 Å². The van der Waals surface area contributed by atoms with E-state index in [4.69, 9.17) is 9.47 Å². The Morgan fingerprint density at radius 3 is 2.27 bits per heavy atom. The molecule has 5 rings (SSSR count). The molecule has 1 aliphatic rings. The summed E-state index contributed by atoms with van der Waals surface area (Å²) in [5.74, 6) is 1.66. The molecule has 3 heteroatoms. The average Bonchev–Trinajstić information content (AvgIpc) is 2.61. The maximum atomic E-state index is 5.76. The second-order valence-electron chi connectivity index (χ2n) is 5.51. The Kier molecular flexibility index (Phi) is 2.33. The maximum absolute atomic E-state index is 5.76. The Bertz CT molecular complexity index is 955. The van der Waals surface area contributed by atoms with Crippen LogP contribution in [0.4, 0.5) is 0 Å². The van der Waals surface area contributed by atoms with E-state index in [0.29, 0.717) is 13.2 Å². The van der Waals surface area contributed by atoms with Crippen LogP contribution in [0.3, 0.4) is 0 Å². The number of fused-ring (bicyclic) bond motifs is 7. The molecule has 0 N–H and O–H groups in total. The average molecular weight is 288 g/mol. The first-order valence-corrected chi connectivity index (χ1v) is 7.46. The van der Waals surface area contributed by atoms with Gasteiger partial charge in [0.1, 0.15) is 13.2 Å². The van der Waals surface area contributed by atoms with Gasteiger partial charge in [0.15, 0.2) is 17.7 Å². The van der Waals surface area contributed by atoms with Crippen LogP contribution in [0.5, 0.6) is 11.5 Å². The second kappa shape index (κ2) is 4.34. The van der Waals surface area contributed by atoms with Crippen LogP contribution < -0.4 is 13.9 Å². The zero-order valence-electron chi connectivity index (χ0n) is 12.0. The van der Waals surface area contributed by atoms with Crippen LogP contribution in [0.15, 0.2) is 60.8 Å². The van der Waals surface area contributed by atoms with Crippen LogP contribution in [0.1, 0.15) is 0 Å². The van der Waals surface area contributed by atoms with E-state index in [1.165, 1.54) is 21.7 Å². The third kappa shape index (κ3) is 1.53. The molecule has 3 nitrogen and oxygen atoms in total. The fourth-order valence-electron chi connectivity index (χ4n) is 3.31. The van der Waals surface area contributed by atoms with Gasteiger partial charge in [0.25, 0.3) is 0 Å². The molecule has 106 valence electrons. The topological polar surface area (TPSA) is 22.6 Å². The van der Waals surface area contributed by atoms with Gasteiger partial charge < -0.3 is 9.47 Å². The highest BCUT2D eigenvalue weighted by atomic mass is 16.6. The molecule has 0 aliphatic carbocycles. The van der Waals surface area contributed by atoms with E-state index in [1.54, 1.807) is 0 Å². The van der Waals surface area contributed by atoms with Crippen LogP contribution in [-0.4, -0.2) is 13.2 Å². The summed E-state index contributed by atoms with van der Waals surface area (Å²) in [5, 5.41) is 3.66. The molecule has 0 saturated carbocycles. The Balaban J connectivity index is 2.06. The van der Waals surface area contributed by atoms with E-state index in [1.807, 2.05) is 0 Å². The van der Waals surface area contributed by atoms with Gasteiger partial charge in [-0.25, -0.2) is 0 Å². The van der Waals surface area contributed by atoms with Crippen LogP contribution in [0, 0.1) is 0 Å². The number of ether oxygens (including phenoxy) is 2. The number of pyridine rings is 2. The number of hydrogen-bond acceptors (Lipinski definition) is 2. The number of nitrogens with zero attached hydrogens (tertiary/aromatic N) is 1. The summed E-state index contributed by atoms with van der Waals surface area (Å²) in [6, 6.07) is 19.0. The summed E-state index contributed by atoms with van der Waals surface area (Å²) in [7, 11) is 0. The van der Waals surface area contributed by atoms with Crippen molar-refractivity contribution in [2.75, 3.05) is 13.2 Å². The minimum Gasteiger partial charge on any atom is -0.486 e. The van der Waals surface area contributed by atoms with Crippen molar-refractivity contribution in [1.29, 1.82) is 0 Å². The summed E-state index contributed by atoms with van der Waals surface area (Å²) < 4.78 is 13.7. The minimum absolute atomic E-state index is 0.606. The molecule has 4 aromatic rings. The molecule has 22 heavy (non-hydrogen) atoms. The van der Waals surface area contributed by atoms with E-state index < -0.39 is 0 Å². The van der Waals surface area contributed by atoms with Crippen molar-refractivity contribution < 1.29 is 13.9 Å². The molecule has 0 spiro atoms. The predicted octanol–water partition coefficient (Wildman–Crippen LogP) is 3.50. The molecule has 0 saturated heterocycles. The molecule has 0 atom stereocenters. The third-order valence-electron chi connectivity index (χ3n) is 4.27. The fourth-order valence-corrected chi connectivity index (χ4v) is 3.31. The molecule has 0 radical (unpaired) electrons. The van der Waals surface area contributed by atoms with Gasteiger partial charge in [-0.1, -0.05) is 18.2 Å². The molecule has 2 aromatic carbocycles. The lowest BCUT2D eigenvalue weighted by molar-refractivity contribution is -0.480. The summed E-state index contributed by atoms with van der Waals surface area (Å²) in [5.41, 5.74) is 2.33. The van der Waals surface area contributed by atoms with Crippen molar-refractivity contribution >= 4 is 27.2 Å². The van der Waals surface area contributed by atoms with Gasteiger partial charge in [-0.15, -0.1) is 0 Å². The van der Waals surface area contributed by atoms with Crippen molar-refractivity contribution in [3.05, 3.63) is 60.8 Å². The summed E-state index contributed by atoms with van der Waals surface area (Å²) in [6.07, 6.45) is 2.10. The highest BCUT2D eigenvalue weighted by molar-refractivity contribution is 6.10. The lowest BCUT2D eigenvalue weighted by Gasteiger charge is -2.18. The summed E-state index contributed by atoms with van der Waals surface area (Å²) in [6.45, 7) is 1.21. The number of hydrogen-bond donors (Lipinski definition) is 0. The van der Waals surface area contributed by atoms with Gasteiger partial charge in [-0.05, 0) is 18.2 Å². The van der Waals surface area contributed by atoms with Gasteiger partial charge in [0.2, 0.25) is 11.0 Å². The smallest absolute Gasteiger partial charge is 0.223 e. The van der Waals surface area contributed by atoms with Crippen LogP contribution in [-0.2, 0) is 0 Å². The molecule has 0 unspecified atom stereocenters. The quantitative estimate of drug-likeness (QED) is 0.365. The Labute approximate surface area is 127 Å². The van der Waals surface area contributed by atoms with E-state index in [9.17, 15) is 0 Å². The molecule has 3 heterocycles. The van der Waals surface area contributed by atoms with E-state index in [0.717, 1.165) is 17.0 Å². The maximum Gasteiger partial charge on any atom is 0.223 e. The van der Waals surface area contributed by atoms with Crippen LogP contribution in [0.2, 0.25) is 0 Å². The second-order valence-corrected chi connectivity index (χ2v) is 5.51. The Morgan fingerprint density at radius 2 is 1.41 bits per heavy atom. The van der Waals surface area contributed by atoms with Crippen molar-refractivity contribution in [2.45, 2.75) is 0 Å². The van der Waals surface area contributed by atoms with Gasteiger partial charge >= 0.3 is 0 Å². The zero-order chi connectivity index (χ0) is 14.5. The lowest BCUT2D eigenvalue weighted by Crippen LogP contribution is -2.23. The number of rotatable bonds is 0. The first-order chi connectivity index (χ1) is 10.9. The van der Waals surface area contributed by atoms with E-state index >= 15 is 0 Å². The molecular formula is C19H14NO2+. The SMILES string of the molecule is c1ccc2c(c1)c1cc3c(cc1[n+]1ccccc21)OCCO3. The summed E-state index contributed by atoms with van der Waals surface area (Å²) >= 11 is 0. The molecule has 2 aromatic heterocycles. The fraction of sp³-hybridized carbons (Fsp3) is 0.105.